The van der Waals surface area contributed by atoms with Crippen LogP contribution in [0.25, 0.3) is 0 Å². The molecule has 0 saturated heterocycles. The highest BCUT2D eigenvalue weighted by molar-refractivity contribution is 5.84. The molecular weight excluding hydrogens is 240 g/mol. The average molecular weight is 262 g/mol. The first-order valence-corrected chi connectivity index (χ1v) is 6.65. The number of nitrogens with one attached hydrogen (secondary N) is 2. The number of fused-ring (bicyclic) bond motifs is 1. The highest BCUT2D eigenvalue weighted by Crippen LogP contribution is 2.23. The van der Waals surface area contributed by atoms with Gasteiger partial charge in [0.2, 0.25) is 5.91 Å². The first-order valence-electron chi connectivity index (χ1n) is 6.65. The summed E-state index contributed by atoms with van der Waals surface area (Å²) in [6.07, 6.45) is 0. The Morgan fingerprint density at radius 2 is 2.21 bits per heavy atom. The van der Waals surface area contributed by atoms with Gasteiger partial charge < -0.3 is 15.4 Å². The average Bonchev–Trinajstić information content (AvgIpc) is 2.44. The maximum absolute atomic E-state index is 12.3. The summed E-state index contributed by atoms with van der Waals surface area (Å²) in [7, 11) is 1.66. The molecule has 1 atom stereocenters. The van der Waals surface area contributed by atoms with Crippen LogP contribution in [0.4, 0.5) is 0 Å². The number of rotatable bonds is 4. The van der Waals surface area contributed by atoms with E-state index in [2.05, 4.69) is 16.7 Å². The maximum atomic E-state index is 12.3. The van der Waals surface area contributed by atoms with Crippen molar-refractivity contribution >= 4 is 5.91 Å². The van der Waals surface area contributed by atoms with E-state index in [0.29, 0.717) is 13.1 Å². The van der Waals surface area contributed by atoms with Crippen molar-refractivity contribution in [1.29, 1.82) is 0 Å². The molecule has 0 fully saturated rings. The smallest absolute Gasteiger partial charge is 0.228 e. The zero-order valence-corrected chi connectivity index (χ0v) is 11.8. The Kier molecular flexibility index (Phi) is 4.22. The molecular formula is C15H22N2O2. The molecule has 2 rings (SSSR count). The Morgan fingerprint density at radius 1 is 1.47 bits per heavy atom. The van der Waals surface area contributed by atoms with E-state index in [9.17, 15) is 4.79 Å². The van der Waals surface area contributed by atoms with Gasteiger partial charge in [0, 0.05) is 26.7 Å². The molecule has 0 saturated carbocycles. The summed E-state index contributed by atoms with van der Waals surface area (Å²) in [5.41, 5.74) is 2.01. The molecule has 1 amide bonds. The number of ether oxygens (including phenoxy) is 1. The predicted molar refractivity (Wildman–Crippen MR) is 75.0 cm³/mol. The van der Waals surface area contributed by atoms with Gasteiger partial charge in [0.15, 0.2) is 0 Å². The van der Waals surface area contributed by atoms with Gasteiger partial charge in [-0.05, 0) is 25.0 Å². The lowest BCUT2D eigenvalue weighted by molar-refractivity contribution is -0.123. The minimum atomic E-state index is -0.336. The summed E-state index contributed by atoms with van der Waals surface area (Å²) in [6.45, 7) is 5.96. The minimum absolute atomic E-state index is 0.0600. The first-order chi connectivity index (χ1) is 9.03. The van der Waals surface area contributed by atoms with Gasteiger partial charge in [0.1, 0.15) is 0 Å². The van der Waals surface area contributed by atoms with E-state index in [1.54, 1.807) is 7.11 Å². The number of hydrogen-bond acceptors (Lipinski definition) is 3. The third-order valence-corrected chi connectivity index (χ3v) is 3.65. The number of carbonyl (C=O) groups is 1. The van der Waals surface area contributed by atoms with Gasteiger partial charge in [-0.2, -0.15) is 0 Å². The lowest BCUT2D eigenvalue weighted by Crippen LogP contribution is -2.44. The maximum Gasteiger partial charge on any atom is 0.228 e. The fourth-order valence-corrected chi connectivity index (χ4v) is 2.23. The lowest BCUT2D eigenvalue weighted by Gasteiger charge is -2.28. The van der Waals surface area contributed by atoms with E-state index in [0.717, 1.165) is 12.1 Å². The van der Waals surface area contributed by atoms with Gasteiger partial charge in [0.05, 0.1) is 11.5 Å². The fraction of sp³-hybridized carbons (Fsp3) is 0.533. The monoisotopic (exact) mass is 262 g/mol. The number of methoxy groups -OCH3 is 1. The molecule has 19 heavy (non-hydrogen) atoms. The molecule has 0 spiro atoms. The molecule has 4 nitrogen and oxygen atoms in total. The molecule has 2 N–H and O–H groups in total. The first kappa shape index (κ1) is 14.0. The van der Waals surface area contributed by atoms with E-state index in [-0.39, 0.29) is 17.4 Å². The standard InChI is InChI=1S/C15H22N2O2/c1-15(2,19-3)10-17-14(18)13-9-16-8-11-6-4-5-7-12(11)13/h4-7,13,16H,8-10H2,1-3H3,(H,17,18). The van der Waals surface area contributed by atoms with Crippen LogP contribution >= 0.6 is 0 Å². The van der Waals surface area contributed by atoms with Gasteiger partial charge in [0.25, 0.3) is 0 Å². The minimum Gasteiger partial charge on any atom is -0.377 e. The molecule has 1 aromatic carbocycles. The molecule has 0 aromatic heterocycles. The van der Waals surface area contributed by atoms with E-state index in [4.69, 9.17) is 4.74 Å². The largest absolute Gasteiger partial charge is 0.377 e. The van der Waals surface area contributed by atoms with Gasteiger partial charge in [-0.15, -0.1) is 0 Å². The Morgan fingerprint density at radius 3 is 2.95 bits per heavy atom. The SMILES string of the molecule is COC(C)(C)CNC(=O)C1CNCc2ccccc21. The highest BCUT2D eigenvalue weighted by atomic mass is 16.5. The summed E-state index contributed by atoms with van der Waals surface area (Å²) in [5.74, 6) is -0.0534. The molecule has 1 aliphatic heterocycles. The molecule has 1 heterocycles. The third kappa shape index (κ3) is 3.33. The van der Waals surface area contributed by atoms with Gasteiger partial charge in [-0.1, -0.05) is 24.3 Å². The Balaban J connectivity index is 2.05. The van der Waals surface area contributed by atoms with Crippen LogP contribution in [0, 0.1) is 0 Å². The highest BCUT2D eigenvalue weighted by Gasteiger charge is 2.27. The van der Waals surface area contributed by atoms with Crippen LogP contribution in [0.5, 0.6) is 0 Å². The molecule has 1 unspecified atom stereocenters. The van der Waals surface area contributed by atoms with Crippen LogP contribution in [0.15, 0.2) is 24.3 Å². The number of carbonyl (C=O) groups excluding carboxylic acids is 1. The van der Waals surface area contributed by atoms with E-state index < -0.39 is 0 Å². The number of amides is 1. The Labute approximate surface area is 114 Å². The third-order valence-electron chi connectivity index (χ3n) is 3.65. The van der Waals surface area contributed by atoms with E-state index in [1.807, 2.05) is 32.0 Å². The van der Waals surface area contributed by atoms with Gasteiger partial charge in [-0.25, -0.2) is 0 Å². The van der Waals surface area contributed by atoms with Crippen molar-refractivity contribution in [2.24, 2.45) is 0 Å². The quantitative estimate of drug-likeness (QED) is 0.862. The summed E-state index contributed by atoms with van der Waals surface area (Å²) < 4.78 is 5.31. The fourth-order valence-electron chi connectivity index (χ4n) is 2.23. The van der Waals surface area contributed by atoms with Gasteiger partial charge >= 0.3 is 0 Å². The molecule has 0 bridgehead atoms. The van der Waals surface area contributed by atoms with Crippen LogP contribution in [-0.4, -0.2) is 31.7 Å². The van der Waals surface area contributed by atoms with Crippen molar-refractivity contribution in [2.45, 2.75) is 31.9 Å². The second-order valence-corrected chi connectivity index (χ2v) is 5.56. The molecule has 1 aromatic rings. The van der Waals surface area contributed by atoms with Crippen molar-refractivity contribution in [2.75, 3.05) is 20.2 Å². The van der Waals surface area contributed by atoms with E-state index >= 15 is 0 Å². The van der Waals surface area contributed by atoms with E-state index in [1.165, 1.54) is 5.56 Å². The van der Waals surface area contributed by atoms with Crippen LogP contribution < -0.4 is 10.6 Å². The summed E-state index contributed by atoms with van der Waals surface area (Å²) in [5, 5.41) is 6.27. The number of benzene rings is 1. The summed E-state index contributed by atoms with van der Waals surface area (Å²) in [6, 6.07) is 8.11. The molecule has 1 aliphatic rings. The van der Waals surface area contributed by atoms with Crippen molar-refractivity contribution in [3.05, 3.63) is 35.4 Å². The molecule has 0 radical (unpaired) electrons. The van der Waals surface area contributed by atoms with Crippen molar-refractivity contribution in [3.8, 4) is 0 Å². The zero-order chi connectivity index (χ0) is 13.9. The van der Waals surface area contributed by atoms with Crippen molar-refractivity contribution < 1.29 is 9.53 Å². The normalized spacial score (nSPS) is 18.8. The van der Waals surface area contributed by atoms with Gasteiger partial charge in [-0.3, -0.25) is 4.79 Å². The van der Waals surface area contributed by atoms with Crippen LogP contribution in [0.3, 0.4) is 0 Å². The zero-order valence-electron chi connectivity index (χ0n) is 11.8. The summed E-state index contributed by atoms with van der Waals surface area (Å²) >= 11 is 0. The molecule has 0 aliphatic carbocycles. The molecule has 4 heteroatoms. The predicted octanol–water partition coefficient (Wildman–Crippen LogP) is 1.41. The van der Waals surface area contributed by atoms with Crippen molar-refractivity contribution in [3.63, 3.8) is 0 Å². The summed E-state index contributed by atoms with van der Waals surface area (Å²) in [4.78, 5) is 12.3. The van der Waals surface area contributed by atoms with Crippen LogP contribution in [0.1, 0.15) is 30.9 Å². The second kappa shape index (κ2) is 5.72. The van der Waals surface area contributed by atoms with Crippen molar-refractivity contribution in [1.82, 2.24) is 10.6 Å². The Bertz CT molecular complexity index is 457. The number of hydrogen-bond donors (Lipinski definition) is 2. The second-order valence-electron chi connectivity index (χ2n) is 5.56. The lowest BCUT2D eigenvalue weighted by atomic mass is 9.90. The van der Waals surface area contributed by atoms with Crippen LogP contribution in [-0.2, 0) is 16.1 Å². The molecule has 104 valence electrons. The topological polar surface area (TPSA) is 50.4 Å². The Hall–Kier alpha value is -1.39. The van der Waals surface area contributed by atoms with Crippen LogP contribution in [0.2, 0.25) is 0 Å².